The van der Waals surface area contributed by atoms with Crippen LogP contribution in [0.4, 0.5) is 0 Å². The Labute approximate surface area is 67.2 Å². The van der Waals surface area contributed by atoms with E-state index in [2.05, 4.69) is 4.98 Å². The summed E-state index contributed by atoms with van der Waals surface area (Å²) < 4.78 is 6.62. The van der Waals surface area contributed by atoms with E-state index in [9.17, 15) is 4.79 Å². The first-order valence-corrected chi connectivity index (χ1v) is 3.32. The second kappa shape index (κ2) is 2.10. The average molecular weight is 166 g/mol. The van der Waals surface area contributed by atoms with Gasteiger partial charge >= 0.3 is 5.97 Å². The van der Waals surface area contributed by atoms with Gasteiger partial charge in [0.05, 0.1) is 6.33 Å². The third kappa shape index (κ3) is 0.795. The van der Waals surface area contributed by atoms with E-state index in [1.54, 1.807) is 17.9 Å². The Morgan fingerprint density at radius 3 is 3.08 bits per heavy atom. The molecule has 2 aromatic heterocycles. The predicted octanol–water partition coefficient (Wildman–Crippen LogP) is 0.864. The molecule has 0 unspecified atom stereocenters. The minimum atomic E-state index is -1.08. The van der Waals surface area contributed by atoms with Crippen molar-refractivity contribution >= 4 is 17.2 Å². The highest BCUT2D eigenvalue weighted by molar-refractivity contribution is 5.89. The molecule has 12 heavy (non-hydrogen) atoms. The van der Waals surface area contributed by atoms with E-state index >= 15 is 0 Å². The molecule has 0 saturated heterocycles. The van der Waals surface area contributed by atoms with E-state index in [0.29, 0.717) is 11.2 Å². The number of nitrogens with zero attached hydrogens (tertiary/aromatic N) is 2. The summed E-state index contributed by atoms with van der Waals surface area (Å²) in [5, 5.41) is 8.56. The number of aryl methyl sites for hydroxylation is 1. The van der Waals surface area contributed by atoms with Gasteiger partial charge in [-0.05, 0) is 0 Å². The van der Waals surface area contributed by atoms with Crippen molar-refractivity contribution in [2.75, 3.05) is 0 Å². The molecule has 0 amide bonds. The highest BCUT2D eigenvalue weighted by Gasteiger charge is 2.12. The van der Waals surface area contributed by atoms with E-state index in [-0.39, 0.29) is 5.76 Å². The lowest BCUT2D eigenvalue weighted by molar-refractivity contribution is 0.0664. The van der Waals surface area contributed by atoms with Gasteiger partial charge in [-0.1, -0.05) is 0 Å². The Kier molecular flexibility index (Phi) is 1.21. The van der Waals surface area contributed by atoms with Crippen molar-refractivity contribution in [1.29, 1.82) is 0 Å². The highest BCUT2D eigenvalue weighted by Crippen LogP contribution is 2.16. The first-order chi connectivity index (χ1) is 5.68. The molecular weight excluding hydrogens is 160 g/mol. The number of imidazole rings is 1. The van der Waals surface area contributed by atoms with Crippen molar-refractivity contribution in [3.05, 3.63) is 18.2 Å². The second-order valence-electron chi connectivity index (χ2n) is 2.46. The lowest BCUT2D eigenvalue weighted by Gasteiger charge is -1.84. The van der Waals surface area contributed by atoms with Gasteiger partial charge in [-0.2, -0.15) is 0 Å². The monoisotopic (exact) mass is 166 g/mol. The van der Waals surface area contributed by atoms with Gasteiger partial charge in [0.15, 0.2) is 0 Å². The molecule has 0 bridgehead atoms. The second-order valence-corrected chi connectivity index (χ2v) is 2.46. The minimum absolute atomic E-state index is 0.0799. The number of carboxylic acid groups (broad SMARTS) is 1. The molecule has 1 N–H and O–H groups in total. The summed E-state index contributed by atoms with van der Waals surface area (Å²) in [4.78, 5) is 14.3. The molecule has 0 radical (unpaired) electrons. The number of carboxylic acids is 1. The first-order valence-electron chi connectivity index (χ1n) is 3.32. The van der Waals surface area contributed by atoms with E-state index in [4.69, 9.17) is 9.52 Å². The minimum Gasteiger partial charge on any atom is -0.475 e. The molecule has 0 atom stereocenters. The zero-order valence-corrected chi connectivity index (χ0v) is 6.31. The van der Waals surface area contributed by atoms with Crippen LogP contribution >= 0.6 is 0 Å². The summed E-state index contributed by atoms with van der Waals surface area (Å²) in [6.45, 7) is 0. The van der Waals surface area contributed by atoms with Gasteiger partial charge in [-0.15, -0.1) is 0 Å². The van der Waals surface area contributed by atoms with Gasteiger partial charge in [-0.3, -0.25) is 0 Å². The molecule has 0 aliphatic heterocycles. The van der Waals surface area contributed by atoms with Crippen LogP contribution in [0, 0.1) is 0 Å². The van der Waals surface area contributed by atoms with Crippen molar-refractivity contribution in [3.8, 4) is 0 Å². The number of aromatic nitrogens is 2. The SMILES string of the molecule is Cn1cnc2oc(C(=O)O)cc21. The van der Waals surface area contributed by atoms with Crippen molar-refractivity contribution in [2.24, 2.45) is 7.05 Å². The molecule has 0 fully saturated rings. The molecule has 0 aromatic carbocycles. The van der Waals surface area contributed by atoms with Gasteiger partial charge < -0.3 is 14.1 Å². The van der Waals surface area contributed by atoms with Crippen LogP contribution in [0.5, 0.6) is 0 Å². The molecular formula is C7H6N2O3. The fourth-order valence-corrected chi connectivity index (χ4v) is 1.02. The summed E-state index contributed by atoms with van der Waals surface area (Å²) in [7, 11) is 1.77. The summed E-state index contributed by atoms with van der Waals surface area (Å²) in [5.74, 6) is -1.16. The number of carbonyl (C=O) groups is 1. The van der Waals surface area contributed by atoms with Crippen LogP contribution < -0.4 is 0 Å². The number of fused-ring (bicyclic) bond motifs is 1. The van der Waals surface area contributed by atoms with Crippen molar-refractivity contribution in [2.45, 2.75) is 0 Å². The Morgan fingerprint density at radius 2 is 2.50 bits per heavy atom. The third-order valence-electron chi connectivity index (χ3n) is 1.63. The van der Waals surface area contributed by atoms with Crippen LogP contribution in [0.1, 0.15) is 10.6 Å². The standard InChI is InChI=1S/C7H6N2O3/c1-9-3-8-6-4(9)2-5(12-6)7(10)11/h2-3H,1H3,(H,10,11). The summed E-state index contributed by atoms with van der Waals surface area (Å²) >= 11 is 0. The number of rotatable bonds is 1. The van der Waals surface area contributed by atoms with Crippen molar-refractivity contribution < 1.29 is 14.3 Å². The lowest BCUT2D eigenvalue weighted by atomic mass is 10.4. The van der Waals surface area contributed by atoms with E-state index in [1.165, 1.54) is 6.07 Å². The molecule has 2 aromatic rings. The van der Waals surface area contributed by atoms with Crippen LogP contribution in [0.25, 0.3) is 11.2 Å². The molecule has 0 saturated carbocycles. The quantitative estimate of drug-likeness (QED) is 0.682. The van der Waals surface area contributed by atoms with E-state index in [1.807, 2.05) is 0 Å². The average Bonchev–Trinajstić information content (AvgIpc) is 2.53. The van der Waals surface area contributed by atoms with Crippen molar-refractivity contribution in [3.63, 3.8) is 0 Å². The molecule has 5 heteroatoms. The highest BCUT2D eigenvalue weighted by atomic mass is 16.4. The van der Waals surface area contributed by atoms with Crippen LogP contribution in [0.2, 0.25) is 0 Å². The fourth-order valence-electron chi connectivity index (χ4n) is 1.02. The molecule has 0 aliphatic carbocycles. The Balaban J connectivity index is 2.70. The molecule has 2 heterocycles. The molecule has 2 rings (SSSR count). The lowest BCUT2D eigenvalue weighted by Crippen LogP contribution is -1.92. The normalized spacial score (nSPS) is 10.8. The number of aromatic carboxylic acids is 1. The van der Waals surface area contributed by atoms with E-state index < -0.39 is 5.97 Å². The van der Waals surface area contributed by atoms with Gasteiger partial charge in [0.1, 0.15) is 5.52 Å². The first kappa shape index (κ1) is 6.90. The maximum Gasteiger partial charge on any atom is 0.371 e. The molecule has 0 aliphatic rings. The zero-order valence-electron chi connectivity index (χ0n) is 6.31. The van der Waals surface area contributed by atoms with Crippen molar-refractivity contribution in [1.82, 2.24) is 9.55 Å². The van der Waals surface area contributed by atoms with Crippen LogP contribution in [0.3, 0.4) is 0 Å². The smallest absolute Gasteiger partial charge is 0.371 e. The maximum atomic E-state index is 10.4. The van der Waals surface area contributed by atoms with Gasteiger partial charge in [0.2, 0.25) is 11.5 Å². The van der Waals surface area contributed by atoms with E-state index in [0.717, 1.165) is 0 Å². The third-order valence-corrected chi connectivity index (χ3v) is 1.63. The molecule has 0 spiro atoms. The fraction of sp³-hybridized carbons (Fsp3) is 0.143. The maximum absolute atomic E-state index is 10.4. The number of hydrogen-bond acceptors (Lipinski definition) is 3. The predicted molar refractivity (Wildman–Crippen MR) is 39.9 cm³/mol. The Morgan fingerprint density at radius 1 is 1.75 bits per heavy atom. The topological polar surface area (TPSA) is 68.3 Å². The van der Waals surface area contributed by atoms with Crippen LogP contribution in [-0.4, -0.2) is 20.6 Å². The largest absolute Gasteiger partial charge is 0.475 e. The Bertz CT molecular complexity index is 440. The molecule has 5 nitrogen and oxygen atoms in total. The Hall–Kier alpha value is -1.78. The summed E-state index contributed by atoms with van der Waals surface area (Å²) in [6, 6.07) is 1.45. The number of hydrogen-bond donors (Lipinski definition) is 1. The molecule has 62 valence electrons. The number of furan rings is 1. The van der Waals surface area contributed by atoms with Gasteiger partial charge in [-0.25, -0.2) is 9.78 Å². The van der Waals surface area contributed by atoms with Crippen LogP contribution in [-0.2, 0) is 7.05 Å². The zero-order chi connectivity index (χ0) is 8.72. The summed E-state index contributed by atoms with van der Waals surface area (Å²) in [6.07, 6.45) is 1.57. The summed E-state index contributed by atoms with van der Waals surface area (Å²) in [5.41, 5.74) is 1.04. The van der Waals surface area contributed by atoms with Gasteiger partial charge in [0, 0.05) is 13.1 Å². The van der Waals surface area contributed by atoms with Crippen LogP contribution in [0.15, 0.2) is 16.8 Å². The van der Waals surface area contributed by atoms with Gasteiger partial charge in [0.25, 0.3) is 0 Å².